The van der Waals surface area contributed by atoms with E-state index in [1.54, 1.807) is 12.4 Å². The van der Waals surface area contributed by atoms with Gasteiger partial charge in [0.1, 0.15) is 5.75 Å². The average molecular weight is 353 g/mol. The summed E-state index contributed by atoms with van der Waals surface area (Å²) in [6, 6.07) is 11.9. The zero-order valence-corrected chi connectivity index (χ0v) is 15.4. The van der Waals surface area contributed by atoms with Crippen LogP contribution in [0.1, 0.15) is 31.7 Å². The highest BCUT2D eigenvalue weighted by Crippen LogP contribution is 2.22. The molecule has 1 aliphatic rings. The molecular weight excluding hydrogens is 326 g/mol. The van der Waals surface area contributed by atoms with Crippen LogP contribution in [0.15, 0.2) is 48.8 Å². The minimum atomic E-state index is 0.0316. The maximum Gasteiger partial charge on any atom is 0.225 e. The van der Waals surface area contributed by atoms with E-state index in [9.17, 15) is 4.79 Å². The van der Waals surface area contributed by atoms with Gasteiger partial charge in [0, 0.05) is 37.7 Å². The van der Waals surface area contributed by atoms with Crippen LogP contribution >= 0.6 is 0 Å². The number of piperidine rings is 1. The lowest BCUT2D eigenvalue weighted by molar-refractivity contribution is -0.125. The predicted molar refractivity (Wildman–Crippen MR) is 103 cm³/mol. The topological polar surface area (TPSA) is 54.5 Å². The van der Waals surface area contributed by atoms with Gasteiger partial charge in [0.15, 0.2) is 0 Å². The van der Waals surface area contributed by atoms with Crippen LogP contribution in [0.25, 0.3) is 0 Å². The molecule has 5 heteroatoms. The second-order valence-electron chi connectivity index (χ2n) is 6.70. The van der Waals surface area contributed by atoms with Crippen LogP contribution in [-0.2, 0) is 11.3 Å². The fourth-order valence-corrected chi connectivity index (χ4v) is 3.24. The molecule has 2 heterocycles. The lowest BCUT2D eigenvalue weighted by Crippen LogP contribution is -2.43. The molecule has 1 aromatic carbocycles. The van der Waals surface area contributed by atoms with Gasteiger partial charge in [-0.2, -0.15) is 0 Å². The van der Waals surface area contributed by atoms with Crippen LogP contribution in [0.4, 0.5) is 5.69 Å². The number of aromatic nitrogens is 1. The normalized spacial score (nSPS) is 17.0. The van der Waals surface area contributed by atoms with E-state index < -0.39 is 0 Å². The zero-order chi connectivity index (χ0) is 18.2. The van der Waals surface area contributed by atoms with E-state index in [0.717, 1.165) is 56.0 Å². The van der Waals surface area contributed by atoms with Crippen LogP contribution in [0.2, 0.25) is 0 Å². The summed E-state index contributed by atoms with van der Waals surface area (Å²) in [7, 11) is 0. The summed E-state index contributed by atoms with van der Waals surface area (Å²) in [6.45, 7) is 5.13. The largest absolute Gasteiger partial charge is 0.494 e. The molecule has 1 amide bonds. The van der Waals surface area contributed by atoms with Crippen molar-refractivity contribution in [2.24, 2.45) is 5.92 Å². The number of carbonyl (C=O) groups excluding carboxylic acids is 1. The number of hydrogen-bond donors (Lipinski definition) is 1. The first kappa shape index (κ1) is 18.2. The molecule has 1 N–H and O–H groups in total. The SMILES string of the molecule is CCCOc1ccc(CNC(=O)[C@H]2CCCN(c3ccncc3)C2)cc1. The van der Waals surface area contributed by atoms with Gasteiger partial charge in [0.05, 0.1) is 12.5 Å². The number of carbonyl (C=O) groups is 1. The Morgan fingerprint density at radius 3 is 2.73 bits per heavy atom. The Hall–Kier alpha value is -2.56. The Morgan fingerprint density at radius 2 is 2.00 bits per heavy atom. The third-order valence-electron chi connectivity index (χ3n) is 4.68. The lowest BCUT2D eigenvalue weighted by atomic mass is 9.96. The van der Waals surface area contributed by atoms with E-state index in [2.05, 4.69) is 22.1 Å². The molecule has 138 valence electrons. The Kier molecular flexibility index (Phi) is 6.47. The summed E-state index contributed by atoms with van der Waals surface area (Å²) in [5.74, 6) is 1.04. The van der Waals surface area contributed by atoms with Crippen LogP contribution in [-0.4, -0.2) is 30.6 Å². The number of anilines is 1. The first-order valence-corrected chi connectivity index (χ1v) is 9.40. The molecule has 1 aliphatic heterocycles. The summed E-state index contributed by atoms with van der Waals surface area (Å²) >= 11 is 0. The number of pyridine rings is 1. The van der Waals surface area contributed by atoms with Crippen molar-refractivity contribution in [2.75, 3.05) is 24.6 Å². The van der Waals surface area contributed by atoms with Crippen molar-refractivity contribution < 1.29 is 9.53 Å². The fraction of sp³-hybridized carbons (Fsp3) is 0.429. The van der Waals surface area contributed by atoms with Crippen molar-refractivity contribution in [3.05, 3.63) is 54.4 Å². The first-order valence-electron chi connectivity index (χ1n) is 9.40. The predicted octanol–water partition coefficient (Wildman–Crippen LogP) is 3.40. The standard InChI is InChI=1S/C21H27N3O2/c1-2-14-26-20-7-5-17(6-8-20)15-23-21(25)18-4-3-13-24(16-18)19-9-11-22-12-10-19/h5-12,18H,2-4,13-16H2,1H3,(H,23,25)/t18-/m0/s1. The average Bonchev–Trinajstić information content (AvgIpc) is 2.72. The Bertz CT molecular complexity index is 688. The molecule has 1 fully saturated rings. The number of hydrogen-bond acceptors (Lipinski definition) is 4. The van der Waals surface area contributed by atoms with Gasteiger partial charge in [-0.1, -0.05) is 19.1 Å². The van der Waals surface area contributed by atoms with E-state index in [0.29, 0.717) is 6.54 Å². The minimum absolute atomic E-state index is 0.0316. The third kappa shape index (κ3) is 4.97. The van der Waals surface area contributed by atoms with E-state index in [1.165, 1.54) is 0 Å². The van der Waals surface area contributed by atoms with Crippen LogP contribution in [0.3, 0.4) is 0 Å². The Labute approximate surface area is 155 Å². The quantitative estimate of drug-likeness (QED) is 0.829. The first-order chi connectivity index (χ1) is 12.8. The molecule has 2 aromatic rings. The molecular formula is C21H27N3O2. The van der Waals surface area contributed by atoms with Crippen LogP contribution in [0, 0.1) is 5.92 Å². The molecule has 26 heavy (non-hydrogen) atoms. The van der Waals surface area contributed by atoms with E-state index in [1.807, 2.05) is 36.4 Å². The molecule has 0 spiro atoms. The van der Waals surface area contributed by atoms with Crippen molar-refractivity contribution in [1.29, 1.82) is 0 Å². The molecule has 0 aliphatic carbocycles. The maximum absolute atomic E-state index is 12.6. The second-order valence-corrected chi connectivity index (χ2v) is 6.70. The summed E-state index contributed by atoms with van der Waals surface area (Å²) in [4.78, 5) is 18.9. The highest BCUT2D eigenvalue weighted by molar-refractivity contribution is 5.79. The van der Waals surface area contributed by atoms with Crippen LogP contribution in [0.5, 0.6) is 5.75 Å². The van der Waals surface area contributed by atoms with Crippen LogP contribution < -0.4 is 15.0 Å². The number of nitrogens with zero attached hydrogens (tertiary/aromatic N) is 2. The zero-order valence-electron chi connectivity index (χ0n) is 15.4. The van der Waals surface area contributed by atoms with Crippen molar-refractivity contribution in [3.8, 4) is 5.75 Å². The summed E-state index contributed by atoms with van der Waals surface area (Å²) in [5.41, 5.74) is 2.23. The molecule has 1 atom stereocenters. The molecule has 1 aromatic heterocycles. The van der Waals surface area contributed by atoms with Gasteiger partial charge in [0.25, 0.3) is 0 Å². The van der Waals surface area contributed by atoms with Gasteiger partial charge in [-0.25, -0.2) is 0 Å². The molecule has 0 unspecified atom stereocenters. The second kappa shape index (κ2) is 9.22. The van der Waals surface area contributed by atoms with Gasteiger partial charge in [-0.05, 0) is 49.1 Å². The van der Waals surface area contributed by atoms with Gasteiger partial charge in [0.2, 0.25) is 5.91 Å². The van der Waals surface area contributed by atoms with Gasteiger partial charge < -0.3 is 15.0 Å². The minimum Gasteiger partial charge on any atom is -0.494 e. The summed E-state index contributed by atoms with van der Waals surface area (Å²) < 4.78 is 5.59. The maximum atomic E-state index is 12.6. The molecule has 0 bridgehead atoms. The van der Waals surface area contributed by atoms with Crippen molar-refractivity contribution in [1.82, 2.24) is 10.3 Å². The molecule has 0 saturated carbocycles. The molecule has 5 nitrogen and oxygen atoms in total. The number of amides is 1. The monoisotopic (exact) mass is 353 g/mol. The highest BCUT2D eigenvalue weighted by atomic mass is 16.5. The molecule has 0 radical (unpaired) electrons. The summed E-state index contributed by atoms with van der Waals surface area (Å²) in [6.07, 6.45) is 6.57. The van der Waals surface area contributed by atoms with Gasteiger partial charge in [-0.15, -0.1) is 0 Å². The van der Waals surface area contributed by atoms with Crippen molar-refractivity contribution >= 4 is 11.6 Å². The van der Waals surface area contributed by atoms with Crippen molar-refractivity contribution in [3.63, 3.8) is 0 Å². The van der Waals surface area contributed by atoms with Gasteiger partial charge in [-0.3, -0.25) is 9.78 Å². The number of rotatable bonds is 7. The highest BCUT2D eigenvalue weighted by Gasteiger charge is 2.25. The number of nitrogens with one attached hydrogen (secondary N) is 1. The number of benzene rings is 1. The smallest absolute Gasteiger partial charge is 0.225 e. The van der Waals surface area contributed by atoms with E-state index >= 15 is 0 Å². The van der Waals surface area contributed by atoms with Crippen molar-refractivity contribution in [2.45, 2.75) is 32.7 Å². The Balaban J connectivity index is 1.50. The lowest BCUT2D eigenvalue weighted by Gasteiger charge is -2.33. The fourth-order valence-electron chi connectivity index (χ4n) is 3.24. The number of ether oxygens (including phenoxy) is 1. The third-order valence-corrected chi connectivity index (χ3v) is 4.68. The van der Waals surface area contributed by atoms with E-state index in [-0.39, 0.29) is 11.8 Å². The van der Waals surface area contributed by atoms with E-state index in [4.69, 9.17) is 4.74 Å². The molecule has 3 rings (SSSR count). The molecule has 1 saturated heterocycles. The summed E-state index contributed by atoms with van der Waals surface area (Å²) in [5, 5.41) is 3.08. The van der Waals surface area contributed by atoms with Gasteiger partial charge >= 0.3 is 0 Å². The Morgan fingerprint density at radius 1 is 1.23 bits per heavy atom.